The highest BCUT2D eigenvalue weighted by Gasteiger charge is 2.15. The van der Waals surface area contributed by atoms with E-state index in [4.69, 9.17) is 0 Å². The van der Waals surface area contributed by atoms with Crippen LogP contribution in [-0.2, 0) is 19.0 Å². The van der Waals surface area contributed by atoms with Gasteiger partial charge in [0.2, 0.25) is 5.91 Å². The van der Waals surface area contributed by atoms with E-state index in [9.17, 15) is 4.79 Å². The maximum Gasteiger partial charge on any atom is 0.219 e. The molecule has 1 saturated heterocycles. The van der Waals surface area contributed by atoms with Gasteiger partial charge < -0.3 is 19.5 Å². The molecule has 1 heterocycles. The van der Waals surface area contributed by atoms with Crippen molar-refractivity contribution in [2.75, 3.05) is 53.3 Å². The minimum absolute atomic E-state index is 0.204. The number of nitrogens with one attached hydrogen (secondary N) is 1. The van der Waals surface area contributed by atoms with Crippen LogP contribution in [0.4, 0.5) is 0 Å². The standard InChI is InChI=1S/C11H21NOS3.C3H8O2.C2H6O.C2H6/c13-11(12-7-3-8-14)5-2-1-4-10-6-9-15-16-10;1-4-3-5-2;1-3-2;1-2/h10,14H,1-9H2,(H,12,13);3H2,1-2H3;1-2H3;1-2H3. The molecule has 1 N–H and O–H groups in total. The molecule has 160 valence electrons. The summed E-state index contributed by atoms with van der Waals surface area (Å²) < 4.78 is 13.2. The number of hydrogen-bond donors (Lipinski definition) is 2. The first-order chi connectivity index (χ1) is 12.7. The average molecular weight is 432 g/mol. The van der Waals surface area contributed by atoms with Crippen LogP contribution in [0, 0.1) is 0 Å². The van der Waals surface area contributed by atoms with E-state index in [-0.39, 0.29) is 5.91 Å². The lowest BCUT2D eigenvalue weighted by atomic mass is 10.1. The Morgan fingerprint density at radius 3 is 2.15 bits per heavy atom. The lowest BCUT2D eigenvalue weighted by Crippen LogP contribution is -2.24. The molecule has 0 bridgehead atoms. The largest absolute Gasteiger partial charge is 0.388 e. The van der Waals surface area contributed by atoms with Crippen molar-refractivity contribution in [1.82, 2.24) is 5.32 Å². The molecule has 0 aromatic rings. The number of thiol groups is 1. The molecule has 5 nitrogen and oxygen atoms in total. The summed E-state index contributed by atoms with van der Waals surface area (Å²) in [6.45, 7) is 5.16. The van der Waals surface area contributed by atoms with Gasteiger partial charge in [0, 0.05) is 52.4 Å². The van der Waals surface area contributed by atoms with Crippen LogP contribution >= 0.6 is 34.2 Å². The van der Waals surface area contributed by atoms with Crippen molar-refractivity contribution in [3.05, 3.63) is 0 Å². The Morgan fingerprint density at radius 2 is 1.73 bits per heavy atom. The van der Waals surface area contributed by atoms with E-state index >= 15 is 0 Å². The van der Waals surface area contributed by atoms with Crippen molar-refractivity contribution in [3.63, 3.8) is 0 Å². The molecule has 0 aliphatic carbocycles. The van der Waals surface area contributed by atoms with Gasteiger partial charge in [0.05, 0.1) is 0 Å². The second kappa shape index (κ2) is 30.1. The zero-order chi connectivity index (χ0) is 20.5. The van der Waals surface area contributed by atoms with Gasteiger partial charge in [-0.3, -0.25) is 4.79 Å². The number of carbonyl (C=O) groups excluding carboxylic acids is 1. The fourth-order valence-corrected chi connectivity index (χ4v) is 4.92. The smallest absolute Gasteiger partial charge is 0.219 e. The summed E-state index contributed by atoms with van der Waals surface area (Å²) in [6.07, 6.45) is 6.51. The minimum atomic E-state index is 0.204. The van der Waals surface area contributed by atoms with Crippen LogP contribution in [0.5, 0.6) is 0 Å². The molecule has 1 atom stereocenters. The second-order valence-electron chi connectivity index (χ2n) is 5.11. The summed E-state index contributed by atoms with van der Waals surface area (Å²) in [6, 6.07) is 0. The SMILES string of the molecule is CC.COC.COCOC.O=C(CCCCC1CCSS1)NCCCS. The van der Waals surface area contributed by atoms with Crippen molar-refractivity contribution in [2.45, 2.75) is 57.6 Å². The zero-order valence-electron chi connectivity index (χ0n) is 17.5. The monoisotopic (exact) mass is 431 g/mol. The van der Waals surface area contributed by atoms with Gasteiger partial charge in [0.25, 0.3) is 0 Å². The van der Waals surface area contributed by atoms with Crippen molar-refractivity contribution >= 4 is 40.1 Å². The molecule has 1 unspecified atom stereocenters. The Bertz CT molecular complexity index is 255. The van der Waals surface area contributed by atoms with Gasteiger partial charge in [-0.05, 0) is 31.4 Å². The number of methoxy groups -OCH3 is 3. The molecular formula is C18H41NO4S3. The summed E-state index contributed by atoms with van der Waals surface area (Å²) >= 11 is 4.10. The Balaban J connectivity index is -0.000000441. The fraction of sp³-hybridized carbons (Fsp3) is 0.944. The van der Waals surface area contributed by atoms with Gasteiger partial charge in [-0.2, -0.15) is 12.6 Å². The number of ether oxygens (including phenoxy) is 3. The third kappa shape index (κ3) is 29.2. The molecule has 1 fully saturated rings. The van der Waals surface area contributed by atoms with E-state index in [2.05, 4.69) is 32.2 Å². The number of amides is 1. The molecule has 1 aliphatic heterocycles. The summed E-state index contributed by atoms with van der Waals surface area (Å²) in [5.74, 6) is 2.35. The average Bonchev–Trinajstić information content (AvgIpc) is 3.16. The summed E-state index contributed by atoms with van der Waals surface area (Å²) in [5, 5.41) is 3.76. The number of unbranched alkanes of at least 4 members (excludes halogenated alkanes) is 1. The number of carbonyl (C=O) groups is 1. The van der Waals surface area contributed by atoms with Crippen LogP contribution in [0.25, 0.3) is 0 Å². The van der Waals surface area contributed by atoms with Gasteiger partial charge in [-0.1, -0.05) is 41.9 Å². The Kier molecular flexibility index (Phi) is 36.1. The minimum Gasteiger partial charge on any atom is -0.388 e. The molecule has 26 heavy (non-hydrogen) atoms. The van der Waals surface area contributed by atoms with Crippen LogP contribution in [0.15, 0.2) is 0 Å². The van der Waals surface area contributed by atoms with E-state index in [1.807, 2.05) is 35.4 Å². The molecule has 1 aliphatic rings. The van der Waals surface area contributed by atoms with E-state index < -0.39 is 0 Å². The predicted octanol–water partition coefficient (Wildman–Crippen LogP) is 4.66. The first-order valence-corrected chi connectivity index (χ1v) is 12.2. The quantitative estimate of drug-likeness (QED) is 0.227. The van der Waals surface area contributed by atoms with Crippen molar-refractivity contribution in [3.8, 4) is 0 Å². The lowest BCUT2D eigenvalue weighted by Gasteiger charge is -2.07. The molecule has 0 aromatic carbocycles. The van der Waals surface area contributed by atoms with Gasteiger partial charge in [0.1, 0.15) is 6.79 Å². The molecule has 0 spiro atoms. The number of hydrogen-bond acceptors (Lipinski definition) is 7. The second-order valence-corrected chi connectivity index (χ2v) is 8.34. The fourth-order valence-electron chi connectivity index (χ4n) is 1.74. The van der Waals surface area contributed by atoms with Crippen LogP contribution in [-0.4, -0.2) is 64.4 Å². The maximum atomic E-state index is 11.4. The topological polar surface area (TPSA) is 56.8 Å². The molecular weight excluding hydrogens is 390 g/mol. The Labute approximate surface area is 175 Å². The molecule has 1 amide bonds. The highest BCUT2D eigenvalue weighted by Crippen LogP contribution is 2.39. The maximum absolute atomic E-state index is 11.4. The molecule has 8 heteroatoms. The van der Waals surface area contributed by atoms with Crippen LogP contribution in [0.2, 0.25) is 0 Å². The van der Waals surface area contributed by atoms with Crippen molar-refractivity contribution < 1.29 is 19.0 Å². The van der Waals surface area contributed by atoms with Crippen LogP contribution in [0.3, 0.4) is 0 Å². The summed E-state index contributed by atoms with van der Waals surface area (Å²) in [4.78, 5) is 11.4. The van der Waals surface area contributed by atoms with E-state index in [0.29, 0.717) is 13.2 Å². The van der Waals surface area contributed by atoms with Crippen LogP contribution in [0.1, 0.15) is 52.4 Å². The van der Waals surface area contributed by atoms with Crippen molar-refractivity contribution in [1.29, 1.82) is 0 Å². The van der Waals surface area contributed by atoms with Gasteiger partial charge in [-0.15, -0.1) is 0 Å². The molecule has 0 saturated carbocycles. The van der Waals surface area contributed by atoms with Gasteiger partial charge in [-0.25, -0.2) is 0 Å². The third-order valence-electron chi connectivity index (χ3n) is 2.80. The molecule has 1 rings (SSSR count). The molecule has 0 radical (unpaired) electrons. The van der Waals surface area contributed by atoms with E-state index in [1.165, 1.54) is 25.0 Å². The van der Waals surface area contributed by atoms with Gasteiger partial charge >= 0.3 is 0 Å². The highest BCUT2D eigenvalue weighted by atomic mass is 33.1. The first kappa shape index (κ1) is 31.1. The Morgan fingerprint density at radius 1 is 1.12 bits per heavy atom. The predicted molar refractivity (Wildman–Crippen MR) is 122 cm³/mol. The van der Waals surface area contributed by atoms with Gasteiger partial charge in [0.15, 0.2) is 0 Å². The zero-order valence-corrected chi connectivity index (χ0v) is 20.1. The van der Waals surface area contributed by atoms with E-state index in [0.717, 1.165) is 30.4 Å². The summed E-state index contributed by atoms with van der Waals surface area (Å²) in [5.41, 5.74) is 0. The third-order valence-corrected chi connectivity index (χ3v) is 6.12. The van der Waals surface area contributed by atoms with Crippen LogP contribution < -0.4 is 5.32 Å². The van der Waals surface area contributed by atoms with Crippen molar-refractivity contribution in [2.24, 2.45) is 0 Å². The van der Waals surface area contributed by atoms with E-state index in [1.54, 1.807) is 28.4 Å². The molecule has 0 aromatic heterocycles. The highest BCUT2D eigenvalue weighted by molar-refractivity contribution is 8.77. The first-order valence-electron chi connectivity index (χ1n) is 9.20. The normalized spacial score (nSPS) is 14.8. The summed E-state index contributed by atoms with van der Waals surface area (Å²) in [7, 11) is 10.4. The number of rotatable bonds is 10. The lowest BCUT2D eigenvalue weighted by molar-refractivity contribution is -0.121. The Hall–Kier alpha value is 0.400.